The summed E-state index contributed by atoms with van der Waals surface area (Å²) < 4.78 is 0. The Bertz CT molecular complexity index is 84.6. The minimum Gasteiger partial charge on any atom is -0.0917 e. The molecule has 0 saturated heterocycles. The Hall–Kier alpha value is -0.520. The summed E-state index contributed by atoms with van der Waals surface area (Å²) >= 11 is 0. The van der Waals surface area contributed by atoms with E-state index < -0.39 is 0 Å². The second-order valence-corrected chi connectivity index (χ2v) is 2.32. The molecule has 0 unspecified atom stereocenters. The van der Waals surface area contributed by atoms with Crippen LogP contribution in [0.25, 0.3) is 0 Å². The minimum atomic E-state index is 1.18. The van der Waals surface area contributed by atoms with Gasteiger partial charge in [-0.15, -0.1) is 0 Å². The number of hydrogen-bond acceptors (Lipinski definition) is 0. The van der Waals surface area contributed by atoms with E-state index in [0.29, 0.717) is 0 Å². The van der Waals surface area contributed by atoms with Crippen molar-refractivity contribution in [1.29, 1.82) is 0 Å². The molecule has 0 aromatic heterocycles. The molecule has 57 valence electrons. The molecule has 0 aromatic carbocycles. The van der Waals surface area contributed by atoms with Crippen LogP contribution in [-0.2, 0) is 0 Å². The molecule has 0 atom stereocenters. The average Bonchev–Trinajstić information content (AvgIpc) is 1.97. The molecule has 0 aliphatic heterocycles. The number of rotatable bonds is 5. The van der Waals surface area contributed by atoms with Gasteiger partial charge in [0, 0.05) is 0 Å². The summed E-state index contributed by atoms with van der Waals surface area (Å²) in [7, 11) is 0. The SMILES string of the molecule is [CH2]/C=C/CCCC/C=C/C. The van der Waals surface area contributed by atoms with E-state index in [9.17, 15) is 0 Å². The van der Waals surface area contributed by atoms with Crippen LogP contribution in [0.2, 0.25) is 0 Å². The summed E-state index contributed by atoms with van der Waals surface area (Å²) in [6.07, 6.45) is 13.3. The number of hydrogen-bond donors (Lipinski definition) is 0. The minimum absolute atomic E-state index is 1.18. The van der Waals surface area contributed by atoms with Crippen molar-refractivity contribution in [2.45, 2.75) is 32.6 Å². The summed E-state index contributed by atoms with van der Waals surface area (Å²) in [6, 6.07) is 0. The Morgan fingerprint density at radius 3 is 2.20 bits per heavy atom. The number of unbranched alkanes of at least 4 members (excludes halogenated alkanes) is 3. The van der Waals surface area contributed by atoms with E-state index in [2.05, 4.69) is 32.1 Å². The van der Waals surface area contributed by atoms with Gasteiger partial charge in [0.05, 0.1) is 0 Å². The van der Waals surface area contributed by atoms with E-state index in [1.165, 1.54) is 25.7 Å². The highest BCUT2D eigenvalue weighted by Crippen LogP contribution is 2.00. The third-order valence-corrected chi connectivity index (χ3v) is 1.39. The Labute approximate surface area is 64.6 Å². The fourth-order valence-corrected chi connectivity index (χ4v) is 0.809. The van der Waals surface area contributed by atoms with Crippen LogP contribution in [0.15, 0.2) is 24.3 Å². The van der Waals surface area contributed by atoms with Gasteiger partial charge >= 0.3 is 0 Å². The molecule has 0 spiro atoms. The van der Waals surface area contributed by atoms with Crippen molar-refractivity contribution in [2.75, 3.05) is 0 Å². The molecule has 0 bridgehead atoms. The van der Waals surface area contributed by atoms with E-state index in [4.69, 9.17) is 0 Å². The van der Waals surface area contributed by atoms with Crippen LogP contribution in [0.1, 0.15) is 32.6 Å². The van der Waals surface area contributed by atoms with Crippen LogP contribution in [0.3, 0.4) is 0 Å². The zero-order valence-electron chi connectivity index (χ0n) is 6.84. The summed E-state index contributed by atoms with van der Waals surface area (Å²) in [5.74, 6) is 0. The Morgan fingerprint density at radius 1 is 1.10 bits per heavy atom. The van der Waals surface area contributed by atoms with Gasteiger partial charge < -0.3 is 0 Å². The van der Waals surface area contributed by atoms with Gasteiger partial charge in [-0.25, -0.2) is 0 Å². The first kappa shape index (κ1) is 9.48. The Balaban J connectivity index is 2.90. The zero-order valence-corrected chi connectivity index (χ0v) is 6.84. The monoisotopic (exact) mass is 137 g/mol. The Morgan fingerprint density at radius 2 is 1.70 bits per heavy atom. The second kappa shape index (κ2) is 8.48. The lowest BCUT2D eigenvalue weighted by molar-refractivity contribution is 0.762. The molecule has 1 radical (unpaired) electrons. The summed E-state index contributed by atoms with van der Waals surface area (Å²) in [5.41, 5.74) is 0. The third-order valence-electron chi connectivity index (χ3n) is 1.39. The summed E-state index contributed by atoms with van der Waals surface area (Å²) in [6.45, 7) is 5.69. The molecule has 0 nitrogen and oxygen atoms in total. The molecular weight excluding hydrogens is 120 g/mol. The molecule has 0 fully saturated rings. The maximum Gasteiger partial charge on any atom is -0.0316 e. The molecule has 0 aliphatic carbocycles. The predicted octanol–water partition coefficient (Wildman–Crippen LogP) is 3.51. The first-order chi connectivity index (χ1) is 4.91. The highest BCUT2D eigenvalue weighted by Gasteiger charge is 1.81. The van der Waals surface area contributed by atoms with E-state index in [-0.39, 0.29) is 0 Å². The van der Waals surface area contributed by atoms with Crippen molar-refractivity contribution in [2.24, 2.45) is 0 Å². The van der Waals surface area contributed by atoms with Crippen LogP contribution in [0.4, 0.5) is 0 Å². The van der Waals surface area contributed by atoms with Crippen LogP contribution >= 0.6 is 0 Å². The lowest BCUT2D eigenvalue weighted by atomic mass is 10.2. The lowest BCUT2D eigenvalue weighted by Gasteiger charge is -1.90. The van der Waals surface area contributed by atoms with Crippen molar-refractivity contribution >= 4 is 0 Å². The molecular formula is C10H17. The second-order valence-electron chi connectivity index (χ2n) is 2.32. The van der Waals surface area contributed by atoms with Crippen LogP contribution in [0, 0.1) is 6.92 Å². The number of allylic oxidation sites excluding steroid dienone is 4. The normalized spacial score (nSPS) is 11.8. The van der Waals surface area contributed by atoms with E-state index in [1.54, 1.807) is 0 Å². The molecule has 0 N–H and O–H groups in total. The first-order valence-corrected chi connectivity index (χ1v) is 3.97. The van der Waals surface area contributed by atoms with Gasteiger partial charge in [-0.05, 0) is 39.5 Å². The highest BCUT2D eigenvalue weighted by atomic mass is 13.9. The van der Waals surface area contributed by atoms with Crippen LogP contribution in [0.5, 0.6) is 0 Å². The molecule has 0 aliphatic rings. The fraction of sp³-hybridized carbons (Fsp3) is 0.500. The van der Waals surface area contributed by atoms with Gasteiger partial charge in [0.2, 0.25) is 0 Å². The smallest absolute Gasteiger partial charge is 0.0316 e. The highest BCUT2D eigenvalue weighted by molar-refractivity contribution is 4.84. The van der Waals surface area contributed by atoms with Gasteiger partial charge in [-0.1, -0.05) is 24.3 Å². The Kier molecular flexibility index (Phi) is 8.04. The van der Waals surface area contributed by atoms with Gasteiger partial charge in [-0.3, -0.25) is 0 Å². The maximum atomic E-state index is 3.63. The summed E-state index contributed by atoms with van der Waals surface area (Å²) in [5, 5.41) is 0. The van der Waals surface area contributed by atoms with Gasteiger partial charge in [0.25, 0.3) is 0 Å². The van der Waals surface area contributed by atoms with Gasteiger partial charge in [0.1, 0.15) is 0 Å². The van der Waals surface area contributed by atoms with Crippen molar-refractivity contribution in [3.05, 3.63) is 31.2 Å². The quantitative estimate of drug-likeness (QED) is 0.402. The van der Waals surface area contributed by atoms with Crippen molar-refractivity contribution in [1.82, 2.24) is 0 Å². The summed E-state index contributed by atoms with van der Waals surface area (Å²) in [4.78, 5) is 0. The predicted molar refractivity (Wildman–Crippen MR) is 47.8 cm³/mol. The van der Waals surface area contributed by atoms with Gasteiger partial charge in [0.15, 0.2) is 0 Å². The van der Waals surface area contributed by atoms with Crippen molar-refractivity contribution < 1.29 is 0 Å². The molecule has 0 aromatic rings. The maximum absolute atomic E-state index is 3.63. The zero-order chi connectivity index (χ0) is 7.66. The largest absolute Gasteiger partial charge is 0.0917 e. The van der Waals surface area contributed by atoms with Crippen molar-refractivity contribution in [3.63, 3.8) is 0 Å². The average molecular weight is 137 g/mol. The van der Waals surface area contributed by atoms with E-state index >= 15 is 0 Å². The van der Waals surface area contributed by atoms with Gasteiger partial charge in [-0.2, -0.15) is 0 Å². The molecule has 0 heteroatoms. The molecule has 0 amide bonds. The molecule has 0 heterocycles. The first-order valence-electron chi connectivity index (χ1n) is 3.97. The standard InChI is InChI=1S/C10H17/c1-3-5-7-9-10-8-6-4-2/h3-6H,1,7-10H2,2H3/b5-3+,6-4+. The molecule has 0 saturated carbocycles. The fourth-order valence-electron chi connectivity index (χ4n) is 0.809. The van der Waals surface area contributed by atoms with E-state index in [1.807, 2.05) is 6.08 Å². The molecule has 10 heavy (non-hydrogen) atoms. The molecule has 0 rings (SSSR count). The van der Waals surface area contributed by atoms with E-state index in [0.717, 1.165) is 0 Å². The van der Waals surface area contributed by atoms with Crippen molar-refractivity contribution in [3.8, 4) is 0 Å². The topological polar surface area (TPSA) is 0 Å². The third kappa shape index (κ3) is 7.48. The van der Waals surface area contributed by atoms with Crippen LogP contribution < -0.4 is 0 Å². The van der Waals surface area contributed by atoms with Crippen LogP contribution in [-0.4, -0.2) is 0 Å². The lowest BCUT2D eigenvalue weighted by Crippen LogP contribution is -1.71.